The zero-order valence-electron chi connectivity index (χ0n) is 15.9. The van der Waals surface area contributed by atoms with E-state index in [1.807, 2.05) is 0 Å². The van der Waals surface area contributed by atoms with Crippen LogP contribution in [0.25, 0.3) is 0 Å². The number of carbonyl (C=O) groups is 3. The number of hydrogen-bond donors (Lipinski definition) is 1. The number of nitrogens with one attached hydrogen (secondary N) is 1. The third kappa shape index (κ3) is 2.67. The third-order valence-corrected chi connectivity index (χ3v) is 5.09. The minimum atomic E-state index is -1.51. The number of benzene rings is 2. The van der Waals surface area contributed by atoms with E-state index in [4.69, 9.17) is 9.47 Å². The number of methoxy groups -OCH3 is 1. The van der Waals surface area contributed by atoms with Crippen molar-refractivity contribution in [2.75, 3.05) is 18.6 Å². The number of carbonyl (C=O) groups excluding carboxylic acids is 3. The lowest BCUT2D eigenvalue weighted by Gasteiger charge is -2.26. The van der Waals surface area contributed by atoms with Gasteiger partial charge in [-0.15, -0.1) is 0 Å². The van der Waals surface area contributed by atoms with Crippen molar-refractivity contribution in [3.63, 3.8) is 0 Å². The van der Waals surface area contributed by atoms with Crippen molar-refractivity contribution in [1.29, 1.82) is 0 Å². The van der Waals surface area contributed by atoms with Gasteiger partial charge in [0, 0.05) is 6.07 Å². The predicted molar refractivity (Wildman–Crippen MR) is 104 cm³/mol. The summed E-state index contributed by atoms with van der Waals surface area (Å²) in [5.74, 6) is -2.43. The highest BCUT2D eigenvalue weighted by Crippen LogP contribution is 2.45. The molecule has 0 spiro atoms. The molecular formula is C21H19N3O5. The highest BCUT2D eigenvalue weighted by molar-refractivity contribution is 6.47. The second-order valence-electron chi connectivity index (χ2n) is 6.62. The Bertz CT molecular complexity index is 1020. The lowest BCUT2D eigenvalue weighted by molar-refractivity contribution is -0.136. The van der Waals surface area contributed by atoms with E-state index in [9.17, 15) is 14.4 Å². The van der Waals surface area contributed by atoms with Crippen molar-refractivity contribution >= 4 is 29.2 Å². The average molecular weight is 393 g/mol. The molecule has 0 saturated carbocycles. The molecule has 2 aliphatic heterocycles. The Morgan fingerprint density at radius 2 is 1.93 bits per heavy atom. The molecule has 0 unspecified atom stereocenters. The lowest BCUT2D eigenvalue weighted by Crippen LogP contribution is -2.48. The lowest BCUT2D eigenvalue weighted by atomic mass is 9.79. The number of ether oxygens (including phenoxy) is 2. The van der Waals surface area contributed by atoms with Crippen LogP contribution in [0.3, 0.4) is 0 Å². The van der Waals surface area contributed by atoms with Gasteiger partial charge >= 0.3 is 5.97 Å². The van der Waals surface area contributed by atoms with Gasteiger partial charge in [0.2, 0.25) is 5.91 Å². The van der Waals surface area contributed by atoms with Gasteiger partial charge in [-0.2, -0.15) is 5.10 Å². The summed E-state index contributed by atoms with van der Waals surface area (Å²) in [5, 5.41) is 4.05. The zero-order chi connectivity index (χ0) is 20.6. The average Bonchev–Trinajstić information content (AvgIpc) is 3.25. The first kappa shape index (κ1) is 18.7. The number of anilines is 1. The second-order valence-corrected chi connectivity index (χ2v) is 6.62. The number of hydrogen-bond acceptors (Lipinski definition) is 7. The van der Waals surface area contributed by atoms with Crippen LogP contribution < -0.4 is 15.1 Å². The fourth-order valence-electron chi connectivity index (χ4n) is 3.78. The Hall–Kier alpha value is -3.68. The van der Waals surface area contributed by atoms with Crippen LogP contribution in [0.2, 0.25) is 0 Å². The summed E-state index contributed by atoms with van der Waals surface area (Å²) in [6.07, 6.45) is 0. The van der Waals surface area contributed by atoms with Crippen molar-refractivity contribution in [3.05, 3.63) is 60.2 Å². The minimum Gasteiger partial charge on any atom is -0.497 e. The molecule has 148 valence electrons. The van der Waals surface area contributed by atoms with E-state index >= 15 is 0 Å². The molecule has 1 N–H and O–H groups in total. The van der Waals surface area contributed by atoms with Gasteiger partial charge in [-0.1, -0.05) is 36.4 Å². The molecule has 1 fully saturated rings. The van der Waals surface area contributed by atoms with Crippen molar-refractivity contribution < 1.29 is 23.9 Å². The highest BCUT2D eigenvalue weighted by atomic mass is 16.5. The number of amides is 2. The molecule has 2 aromatic rings. The van der Waals surface area contributed by atoms with Crippen LogP contribution >= 0.6 is 0 Å². The Kier molecular flexibility index (Phi) is 4.54. The molecule has 0 bridgehead atoms. The van der Waals surface area contributed by atoms with Gasteiger partial charge in [0.25, 0.3) is 5.91 Å². The van der Waals surface area contributed by atoms with Crippen LogP contribution in [-0.2, 0) is 24.7 Å². The first-order valence-corrected chi connectivity index (χ1v) is 9.14. The molecule has 4 rings (SSSR count). The van der Waals surface area contributed by atoms with E-state index in [1.165, 1.54) is 7.11 Å². The van der Waals surface area contributed by atoms with Gasteiger partial charge in [0.15, 0.2) is 11.3 Å². The summed E-state index contributed by atoms with van der Waals surface area (Å²) in [6, 6.07) is 15.4. The van der Waals surface area contributed by atoms with Crippen molar-refractivity contribution in [3.8, 4) is 5.75 Å². The zero-order valence-corrected chi connectivity index (χ0v) is 15.9. The Labute approximate surface area is 167 Å². The summed E-state index contributed by atoms with van der Waals surface area (Å²) < 4.78 is 10.3. The molecule has 2 heterocycles. The van der Waals surface area contributed by atoms with Crippen LogP contribution in [-0.4, -0.2) is 37.2 Å². The van der Waals surface area contributed by atoms with Gasteiger partial charge in [0.1, 0.15) is 11.7 Å². The molecule has 29 heavy (non-hydrogen) atoms. The number of fused-ring (bicyclic) bond motifs is 1. The second kappa shape index (κ2) is 7.05. The molecule has 0 aromatic heterocycles. The van der Waals surface area contributed by atoms with Crippen molar-refractivity contribution in [1.82, 2.24) is 5.43 Å². The van der Waals surface area contributed by atoms with E-state index in [-0.39, 0.29) is 12.3 Å². The standard InChI is InChI=1S/C21H19N3O5/c1-3-29-19(26)17-16-18(25)24(14-10-7-11-15(12-14)28-2)20(27)21(16,23-22-17)13-8-5-4-6-9-13/h4-12,16,23H,3H2,1-2H3/t16-,21+/m1/s1. The molecule has 2 amide bonds. The van der Waals surface area contributed by atoms with Crippen LogP contribution in [0, 0.1) is 5.92 Å². The molecule has 2 atom stereocenters. The Balaban J connectivity index is 1.86. The Morgan fingerprint density at radius 3 is 2.62 bits per heavy atom. The molecule has 8 heteroatoms. The summed E-state index contributed by atoms with van der Waals surface area (Å²) in [7, 11) is 1.50. The third-order valence-electron chi connectivity index (χ3n) is 5.09. The topological polar surface area (TPSA) is 97.3 Å². The minimum absolute atomic E-state index is 0.112. The maximum absolute atomic E-state index is 13.6. The first-order chi connectivity index (χ1) is 14.0. The largest absolute Gasteiger partial charge is 0.497 e. The van der Waals surface area contributed by atoms with E-state index in [2.05, 4.69) is 10.5 Å². The predicted octanol–water partition coefficient (Wildman–Crippen LogP) is 1.60. The number of nitrogens with zero attached hydrogens (tertiary/aromatic N) is 2. The summed E-state index contributed by atoms with van der Waals surface area (Å²) in [6.45, 7) is 1.79. The van der Waals surface area contributed by atoms with Crippen molar-refractivity contribution in [2.24, 2.45) is 11.0 Å². The monoisotopic (exact) mass is 393 g/mol. The molecule has 8 nitrogen and oxygen atoms in total. The van der Waals surface area contributed by atoms with E-state index in [0.29, 0.717) is 17.0 Å². The molecule has 1 saturated heterocycles. The summed E-state index contributed by atoms with van der Waals surface area (Å²) >= 11 is 0. The van der Waals surface area contributed by atoms with Gasteiger partial charge in [0.05, 0.1) is 19.4 Å². The van der Waals surface area contributed by atoms with Crippen LogP contribution in [0.15, 0.2) is 59.7 Å². The summed E-state index contributed by atoms with van der Waals surface area (Å²) in [5.41, 5.74) is 2.06. The van der Waals surface area contributed by atoms with Crippen LogP contribution in [0.1, 0.15) is 12.5 Å². The maximum atomic E-state index is 13.6. The maximum Gasteiger partial charge on any atom is 0.355 e. The molecule has 2 aromatic carbocycles. The number of rotatable bonds is 5. The van der Waals surface area contributed by atoms with E-state index in [1.54, 1.807) is 61.5 Å². The van der Waals surface area contributed by atoms with Crippen LogP contribution in [0.4, 0.5) is 5.69 Å². The first-order valence-electron chi connectivity index (χ1n) is 9.14. The smallest absolute Gasteiger partial charge is 0.355 e. The fraction of sp³-hybridized carbons (Fsp3) is 0.238. The normalized spacial score (nSPS) is 22.8. The van der Waals surface area contributed by atoms with Crippen molar-refractivity contribution in [2.45, 2.75) is 12.5 Å². The van der Waals surface area contributed by atoms with E-state index < -0.39 is 29.2 Å². The fourth-order valence-corrected chi connectivity index (χ4v) is 3.78. The van der Waals surface area contributed by atoms with Gasteiger partial charge in [-0.25, -0.2) is 9.69 Å². The van der Waals surface area contributed by atoms with Gasteiger partial charge < -0.3 is 9.47 Å². The van der Waals surface area contributed by atoms with Gasteiger partial charge in [-0.3, -0.25) is 15.0 Å². The molecule has 0 radical (unpaired) electrons. The SMILES string of the molecule is CCOC(=O)C1=NN[C@]2(c3ccccc3)C(=O)N(c3cccc(OC)c3)C(=O)[C@@H]12. The number of esters is 1. The highest BCUT2D eigenvalue weighted by Gasteiger charge is 2.67. The summed E-state index contributed by atoms with van der Waals surface area (Å²) in [4.78, 5) is 40.6. The van der Waals surface area contributed by atoms with Crippen LogP contribution in [0.5, 0.6) is 5.75 Å². The van der Waals surface area contributed by atoms with E-state index in [0.717, 1.165) is 4.90 Å². The van der Waals surface area contributed by atoms with Gasteiger partial charge in [-0.05, 0) is 24.6 Å². The molecular weight excluding hydrogens is 374 g/mol. The molecule has 2 aliphatic rings. The number of hydrazone groups is 1. The Morgan fingerprint density at radius 1 is 1.17 bits per heavy atom. The number of imide groups is 1. The quantitative estimate of drug-likeness (QED) is 0.612. The molecule has 0 aliphatic carbocycles.